The molecule has 0 fully saturated rings. The number of aromatic nitrogens is 4. The zero-order valence-corrected chi connectivity index (χ0v) is 30.7. The van der Waals surface area contributed by atoms with E-state index in [0.29, 0.717) is 50.9 Å². The lowest BCUT2D eigenvalue weighted by Gasteiger charge is -2.27. The molecule has 9 rings (SSSR count). The topological polar surface area (TPSA) is 142 Å². The molecule has 10 nitrogen and oxygen atoms in total. The number of ether oxygens (including phenoxy) is 2. The Kier molecular flexibility index (Phi) is 8.04. The minimum absolute atomic E-state index is 0.1000. The summed E-state index contributed by atoms with van der Waals surface area (Å²) in [7, 11) is -0.332. The minimum Gasteiger partial charge on any atom is -0.493 e. The number of hydrogen-bond donors (Lipinski definition) is 2. The fourth-order valence-corrected chi connectivity index (χ4v) is 8.67. The van der Waals surface area contributed by atoms with Crippen LogP contribution in [0.1, 0.15) is 29.2 Å². The number of benzene rings is 5. The van der Waals surface area contributed by atoms with E-state index in [1.165, 1.54) is 17.4 Å². The molecule has 3 aromatic heterocycles. The number of nitrogens with one attached hydrogen (secondary N) is 1. The van der Waals surface area contributed by atoms with Crippen LogP contribution >= 0.6 is 0 Å². The lowest BCUT2D eigenvalue weighted by atomic mass is 9.79. The molecule has 54 heavy (non-hydrogen) atoms. The first-order valence-electron chi connectivity index (χ1n) is 17.7. The summed E-state index contributed by atoms with van der Waals surface area (Å²) in [4.78, 5) is 19.8. The number of aryl methyl sites for hydroxylation is 1. The van der Waals surface area contributed by atoms with Gasteiger partial charge in [-0.3, -0.25) is 9.71 Å². The number of nitrogens with two attached hydrogens (primary N) is 1. The number of anilines is 2. The van der Waals surface area contributed by atoms with Crippen molar-refractivity contribution in [2.75, 3.05) is 30.9 Å². The third-order valence-corrected chi connectivity index (χ3v) is 11.0. The van der Waals surface area contributed by atoms with Gasteiger partial charge in [0, 0.05) is 34.6 Å². The van der Waals surface area contributed by atoms with E-state index in [4.69, 9.17) is 30.2 Å². The van der Waals surface area contributed by atoms with Crippen molar-refractivity contribution in [2.45, 2.75) is 25.2 Å². The predicted molar refractivity (Wildman–Crippen MR) is 216 cm³/mol. The van der Waals surface area contributed by atoms with Gasteiger partial charge in [0.05, 0.1) is 48.3 Å². The van der Waals surface area contributed by atoms with Crippen molar-refractivity contribution in [1.82, 2.24) is 19.9 Å². The van der Waals surface area contributed by atoms with E-state index < -0.39 is 10.0 Å². The summed E-state index contributed by atoms with van der Waals surface area (Å²) in [6, 6.07) is 32.1. The highest BCUT2D eigenvalue weighted by atomic mass is 32.2. The maximum atomic E-state index is 12.5. The highest BCUT2D eigenvalue weighted by Gasteiger charge is 2.27. The van der Waals surface area contributed by atoms with E-state index in [0.717, 1.165) is 57.3 Å². The van der Waals surface area contributed by atoms with Crippen LogP contribution in [0.5, 0.6) is 11.5 Å². The van der Waals surface area contributed by atoms with Crippen molar-refractivity contribution in [1.29, 1.82) is 0 Å². The van der Waals surface area contributed by atoms with Crippen LogP contribution in [0, 0.1) is 0 Å². The third kappa shape index (κ3) is 5.68. The number of hydrogen-bond acceptors (Lipinski definition) is 9. The van der Waals surface area contributed by atoms with Crippen molar-refractivity contribution in [3.8, 4) is 34.3 Å². The first-order valence-corrected chi connectivity index (χ1v) is 19.6. The zero-order chi connectivity index (χ0) is 37.1. The van der Waals surface area contributed by atoms with Gasteiger partial charge in [-0.25, -0.2) is 23.4 Å². The van der Waals surface area contributed by atoms with Crippen LogP contribution in [-0.2, 0) is 22.9 Å². The Balaban J connectivity index is 1.18. The van der Waals surface area contributed by atoms with Crippen LogP contribution in [0.4, 0.5) is 11.5 Å². The lowest BCUT2D eigenvalue weighted by Crippen LogP contribution is -2.16. The minimum atomic E-state index is -3.51. The normalized spacial score (nSPS) is 14.4. The molecule has 1 aliphatic rings. The average Bonchev–Trinajstić information content (AvgIpc) is 3.18. The van der Waals surface area contributed by atoms with Crippen molar-refractivity contribution < 1.29 is 17.9 Å². The van der Waals surface area contributed by atoms with Gasteiger partial charge < -0.3 is 15.2 Å². The summed E-state index contributed by atoms with van der Waals surface area (Å²) in [5, 5.41) is 6.63. The van der Waals surface area contributed by atoms with E-state index in [-0.39, 0.29) is 11.7 Å². The number of pyridine rings is 2. The van der Waals surface area contributed by atoms with Gasteiger partial charge in [0.25, 0.3) is 0 Å². The van der Waals surface area contributed by atoms with E-state index in [1.807, 2.05) is 66.7 Å². The molecule has 11 heteroatoms. The Labute approximate surface area is 312 Å². The Morgan fingerprint density at radius 3 is 2.30 bits per heavy atom. The summed E-state index contributed by atoms with van der Waals surface area (Å²) in [6.45, 7) is 0. The van der Waals surface area contributed by atoms with E-state index in [9.17, 15) is 8.42 Å². The van der Waals surface area contributed by atoms with Gasteiger partial charge in [0.1, 0.15) is 11.5 Å². The fraction of sp³-hybridized carbons (Fsp3) is 0.163. The van der Waals surface area contributed by atoms with E-state index in [2.05, 4.69) is 40.0 Å². The Morgan fingerprint density at radius 2 is 1.56 bits per heavy atom. The van der Waals surface area contributed by atoms with E-state index in [1.54, 1.807) is 20.4 Å². The van der Waals surface area contributed by atoms with Gasteiger partial charge in [0.2, 0.25) is 10.0 Å². The number of rotatable bonds is 7. The van der Waals surface area contributed by atoms with Crippen molar-refractivity contribution in [3.63, 3.8) is 0 Å². The third-order valence-electron chi connectivity index (χ3n) is 10.4. The molecular weight excluding hydrogens is 697 g/mol. The quantitative estimate of drug-likeness (QED) is 0.154. The van der Waals surface area contributed by atoms with Crippen molar-refractivity contribution >= 4 is 64.7 Å². The van der Waals surface area contributed by atoms with Crippen molar-refractivity contribution in [2.24, 2.45) is 0 Å². The second-order valence-electron chi connectivity index (χ2n) is 13.7. The van der Waals surface area contributed by atoms with Crippen LogP contribution < -0.4 is 19.9 Å². The Bertz CT molecular complexity index is 2920. The Hall–Kier alpha value is -6.33. The van der Waals surface area contributed by atoms with Gasteiger partial charge >= 0.3 is 0 Å². The fourth-order valence-electron chi connectivity index (χ4n) is 8.11. The lowest BCUT2D eigenvalue weighted by molar-refractivity contribution is 0.357. The molecule has 3 N–H and O–H groups in total. The number of fused-ring (bicyclic) bond motifs is 7. The van der Waals surface area contributed by atoms with Crippen molar-refractivity contribution in [3.05, 3.63) is 120 Å². The molecule has 0 amide bonds. The molecule has 0 radical (unpaired) electrons. The van der Waals surface area contributed by atoms with Gasteiger partial charge in [-0.2, -0.15) is 0 Å². The van der Waals surface area contributed by atoms with Crippen LogP contribution in [-0.4, -0.2) is 48.8 Å². The first-order chi connectivity index (χ1) is 26.2. The smallest absolute Gasteiger partial charge is 0.229 e. The summed E-state index contributed by atoms with van der Waals surface area (Å²) < 4.78 is 39.4. The maximum Gasteiger partial charge on any atom is 0.229 e. The highest BCUT2D eigenvalue weighted by Crippen LogP contribution is 2.46. The monoisotopic (exact) mass is 732 g/mol. The van der Waals surface area contributed by atoms with Crippen LogP contribution in [0.25, 0.3) is 66.0 Å². The van der Waals surface area contributed by atoms with Crippen LogP contribution in [0.3, 0.4) is 0 Å². The molecule has 0 aliphatic heterocycles. The largest absolute Gasteiger partial charge is 0.493 e. The van der Waals surface area contributed by atoms with Gasteiger partial charge in [-0.15, -0.1) is 0 Å². The van der Waals surface area contributed by atoms with Gasteiger partial charge in [-0.05, 0) is 76.2 Å². The highest BCUT2D eigenvalue weighted by molar-refractivity contribution is 7.92. The standard InChI is InChI=1S/C43H36N6O4S/c1-52-36-23-34-39(38(41(36)53-2)32-14-8-9-19-45-32)42(44)48-43(47-34)40-30-13-7-5-11-25(30)21-33(46-40)27-16-17-29-26(20-27)15-18-31-28-12-6-4-10-24(28)22-35(37(29)31)49-54(3,50)51/h4-15,18-19,21-23,27,49H,16-17,20H2,1-3H3,(H2,44,47,48). The number of sulfonamides is 1. The molecule has 1 aliphatic carbocycles. The summed E-state index contributed by atoms with van der Waals surface area (Å²) in [5.74, 6) is 1.77. The van der Waals surface area contributed by atoms with Gasteiger partial charge in [-0.1, -0.05) is 66.7 Å². The van der Waals surface area contributed by atoms with Crippen LogP contribution in [0.2, 0.25) is 0 Å². The predicted octanol–water partition coefficient (Wildman–Crippen LogP) is 8.46. The Morgan fingerprint density at radius 1 is 0.796 bits per heavy atom. The molecule has 0 bridgehead atoms. The summed E-state index contributed by atoms with van der Waals surface area (Å²) in [6.07, 6.45) is 5.24. The molecule has 0 saturated heterocycles. The number of methoxy groups -OCH3 is 2. The molecule has 0 spiro atoms. The molecule has 1 unspecified atom stereocenters. The van der Waals surface area contributed by atoms with Gasteiger partial charge in [0.15, 0.2) is 17.3 Å². The molecule has 1 atom stereocenters. The molecule has 3 heterocycles. The molecule has 0 saturated carbocycles. The SMILES string of the molecule is COc1cc2nc(-c3nc(C4CCc5c(ccc6c5c(NS(C)(=O)=O)cc5ccccc56)C4)cc4ccccc34)nc(N)c2c(-c2ccccn2)c1OC. The molecule has 8 aromatic rings. The molecule has 268 valence electrons. The number of nitrogen functional groups attached to an aromatic ring is 1. The maximum absolute atomic E-state index is 12.5. The second-order valence-corrected chi connectivity index (χ2v) is 15.5. The van der Waals surface area contributed by atoms with Crippen LogP contribution in [0.15, 0.2) is 103 Å². The molecule has 5 aromatic carbocycles. The summed E-state index contributed by atoms with van der Waals surface area (Å²) >= 11 is 0. The zero-order valence-electron chi connectivity index (χ0n) is 29.9. The second kappa shape index (κ2) is 13.0. The summed E-state index contributed by atoms with van der Waals surface area (Å²) in [5.41, 5.74) is 13.2. The van der Waals surface area contributed by atoms with E-state index >= 15 is 0 Å². The first kappa shape index (κ1) is 33.5. The average molecular weight is 733 g/mol. The molecular formula is C43H36N6O4S. The number of nitrogens with zero attached hydrogens (tertiary/aromatic N) is 4.